The van der Waals surface area contributed by atoms with Gasteiger partial charge in [0, 0.05) is 19.1 Å². The van der Waals surface area contributed by atoms with Crippen molar-refractivity contribution in [1.29, 1.82) is 0 Å². The smallest absolute Gasteiger partial charge is 0.276 e. The van der Waals surface area contributed by atoms with Crippen LogP contribution in [0, 0.1) is 0 Å². The van der Waals surface area contributed by atoms with E-state index >= 15 is 0 Å². The zero-order chi connectivity index (χ0) is 11.4. The van der Waals surface area contributed by atoms with Crippen molar-refractivity contribution in [3.8, 4) is 0 Å². The summed E-state index contributed by atoms with van der Waals surface area (Å²) in [7, 11) is 1.91. The third-order valence-corrected chi connectivity index (χ3v) is 2.96. The second kappa shape index (κ2) is 5.07. The number of likely N-dealkylation sites (N-methyl/N-ethyl adjacent to an activating group) is 1. The van der Waals surface area contributed by atoms with Crippen LogP contribution in [0.2, 0.25) is 0 Å². The summed E-state index contributed by atoms with van der Waals surface area (Å²) in [6.07, 6.45) is 4.80. The van der Waals surface area contributed by atoms with Gasteiger partial charge in [-0.1, -0.05) is 0 Å². The molecular weight excluding hydrogens is 206 g/mol. The number of hydrogen-bond acceptors (Lipinski definition) is 4. The van der Waals surface area contributed by atoms with E-state index in [0.717, 1.165) is 25.9 Å². The molecule has 88 valence electrons. The van der Waals surface area contributed by atoms with Crippen molar-refractivity contribution < 1.29 is 4.79 Å². The second-order valence-corrected chi connectivity index (χ2v) is 4.06. The van der Waals surface area contributed by atoms with E-state index in [1.54, 1.807) is 0 Å². The van der Waals surface area contributed by atoms with Crippen LogP contribution in [-0.2, 0) is 0 Å². The van der Waals surface area contributed by atoms with E-state index in [9.17, 15) is 4.79 Å². The molecule has 6 heteroatoms. The number of nitrogens with zero attached hydrogens (tertiary/aromatic N) is 3. The summed E-state index contributed by atoms with van der Waals surface area (Å²) in [5, 5.41) is 13.1. The van der Waals surface area contributed by atoms with E-state index in [4.69, 9.17) is 0 Å². The van der Waals surface area contributed by atoms with Gasteiger partial charge in [-0.25, -0.2) is 0 Å². The summed E-state index contributed by atoms with van der Waals surface area (Å²) in [6.45, 7) is 1.65. The van der Waals surface area contributed by atoms with Crippen molar-refractivity contribution in [2.45, 2.75) is 25.3 Å². The van der Waals surface area contributed by atoms with Gasteiger partial charge in [0.25, 0.3) is 5.91 Å². The average molecular weight is 223 g/mol. The van der Waals surface area contributed by atoms with Gasteiger partial charge < -0.3 is 10.2 Å². The molecule has 1 unspecified atom stereocenters. The van der Waals surface area contributed by atoms with Crippen LogP contribution in [0.3, 0.4) is 0 Å². The quantitative estimate of drug-likeness (QED) is 0.757. The van der Waals surface area contributed by atoms with Crippen LogP contribution < -0.4 is 5.32 Å². The molecule has 0 radical (unpaired) electrons. The third kappa shape index (κ3) is 2.21. The Morgan fingerprint density at radius 3 is 3.25 bits per heavy atom. The van der Waals surface area contributed by atoms with Crippen LogP contribution in [0.15, 0.2) is 6.20 Å². The lowest BCUT2D eigenvalue weighted by molar-refractivity contribution is 0.0609. The average Bonchev–Trinajstić information content (AvgIpc) is 2.83. The number of carbonyl (C=O) groups is 1. The van der Waals surface area contributed by atoms with E-state index in [0.29, 0.717) is 5.69 Å². The molecule has 0 saturated carbocycles. The van der Waals surface area contributed by atoms with E-state index in [1.165, 1.54) is 12.6 Å². The molecule has 1 atom stereocenters. The summed E-state index contributed by atoms with van der Waals surface area (Å²) >= 11 is 0. The maximum Gasteiger partial charge on any atom is 0.276 e. The molecule has 2 N–H and O–H groups in total. The Kier molecular flexibility index (Phi) is 3.51. The largest absolute Gasteiger partial charge is 0.333 e. The SMILES string of the molecule is CNCC1CCCCN1C(=O)c1cn[nH]n1. The molecule has 2 rings (SSSR count). The maximum atomic E-state index is 12.1. The minimum atomic E-state index is -0.0197. The van der Waals surface area contributed by atoms with Gasteiger partial charge in [-0.3, -0.25) is 4.79 Å². The van der Waals surface area contributed by atoms with Crippen molar-refractivity contribution >= 4 is 5.91 Å². The number of carbonyl (C=O) groups excluding carboxylic acids is 1. The number of nitrogens with one attached hydrogen (secondary N) is 2. The van der Waals surface area contributed by atoms with Gasteiger partial charge in [0.2, 0.25) is 0 Å². The summed E-state index contributed by atoms with van der Waals surface area (Å²) in [6, 6.07) is 0.281. The first-order chi connectivity index (χ1) is 7.83. The predicted octanol–water partition coefficient (Wildman–Crippen LogP) is 0.0188. The number of H-pyrrole nitrogens is 1. The highest BCUT2D eigenvalue weighted by Gasteiger charge is 2.27. The molecule has 0 bridgehead atoms. The number of piperidine rings is 1. The van der Waals surface area contributed by atoms with Gasteiger partial charge in [0.1, 0.15) is 0 Å². The first-order valence-corrected chi connectivity index (χ1v) is 5.64. The lowest BCUT2D eigenvalue weighted by Crippen LogP contribution is -2.48. The van der Waals surface area contributed by atoms with Gasteiger partial charge in [0.15, 0.2) is 5.69 Å². The van der Waals surface area contributed by atoms with Crippen molar-refractivity contribution in [2.24, 2.45) is 0 Å². The standard InChI is InChI=1S/C10H17N5O/c1-11-6-8-4-2-3-5-15(8)10(16)9-7-12-14-13-9/h7-8,11H,2-6H2,1H3,(H,12,13,14). The summed E-state index contributed by atoms with van der Waals surface area (Å²) in [4.78, 5) is 14.0. The monoisotopic (exact) mass is 223 g/mol. The van der Waals surface area contributed by atoms with E-state index < -0.39 is 0 Å². The Hall–Kier alpha value is -1.43. The fourth-order valence-electron chi connectivity index (χ4n) is 2.17. The summed E-state index contributed by atoms with van der Waals surface area (Å²) in [5.41, 5.74) is 0.406. The Morgan fingerprint density at radius 2 is 2.56 bits per heavy atom. The number of aromatic amines is 1. The molecule has 1 amide bonds. The molecule has 0 aliphatic carbocycles. The minimum Gasteiger partial charge on any atom is -0.333 e. The molecular formula is C10H17N5O. The normalized spacial score (nSPS) is 21.1. The Labute approximate surface area is 94.4 Å². The van der Waals surface area contributed by atoms with Crippen LogP contribution in [0.1, 0.15) is 29.8 Å². The topological polar surface area (TPSA) is 73.9 Å². The van der Waals surface area contributed by atoms with Gasteiger partial charge in [-0.15, -0.1) is 0 Å². The van der Waals surface area contributed by atoms with Crippen molar-refractivity contribution in [1.82, 2.24) is 25.6 Å². The molecule has 0 spiro atoms. The fourth-order valence-corrected chi connectivity index (χ4v) is 2.17. The summed E-state index contributed by atoms with van der Waals surface area (Å²) < 4.78 is 0. The molecule has 6 nitrogen and oxygen atoms in total. The van der Waals surface area contributed by atoms with Gasteiger partial charge >= 0.3 is 0 Å². The van der Waals surface area contributed by atoms with Crippen LogP contribution >= 0.6 is 0 Å². The van der Waals surface area contributed by atoms with Gasteiger partial charge in [0.05, 0.1) is 6.20 Å². The minimum absolute atomic E-state index is 0.0197. The molecule has 1 fully saturated rings. The highest BCUT2D eigenvalue weighted by molar-refractivity contribution is 5.92. The maximum absolute atomic E-state index is 12.1. The van der Waals surface area contributed by atoms with E-state index in [1.807, 2.05) is 11.9 Å². The zero-order valence-electron chi connectivity index (χ0n) is 9.44. The Balaban J connectivity index is 2.08. The number of aromatic nitrogens is 3. The van der Waals surface area contributed by atoms with Gasteiger partial charge in [-0.2, -0.15) is 15.4 Å². The molecule has 0 aromatic carbocycles. The van der Waals surface area contributed by atoms with Crippen LogP contribution in [0.5, 0.6) is 0 Å². The van der Waals surface area contributed by atoms with Crippen molar-refractivity contribution in [2.75, 3.05) is 20.1 Å². The number of rotatable bonds is 3. The lowest BCUT2D eigenvalue weighted by Gasteiger charge is -2.35. The highest BCUT2D eigenvalue weighted by Crippen LogP contribution is 2.18. The van der Waals surface area contributed by atoms with Crippen molar-refractivity contribution in [3.05, 3.63) is 11.9 Å². The summed E-state index contributed by atoms with van der Waals surface area (Å²) in [5.74, 6) is -0.0197. The van der Waals surface area contributed by atoms with Crippen LogP contribution in [0.4, 0.5) is 0 Å². The first-order valence-electron chi connectivity index (χ1n) is 5.64. The molecule has 1 aliphatic rings. The number of amides is 1. The molecule has 1 aliphatic heterocycles. The first kappa shape index (κ1) is 11.1. The number of likely N-dealkylation sites (tertiary alicyclic amines) is 1. The Morgan fingerprint density at radius 1 is 1.69 bits per heavy atom. The molecule has 16 heavy (non-hydrogen) atoms. The second-order valence-electron chi connectivity index (χ2n) is 4.06. The molecule has 1 aromatic heterocycles. The van der Waals surface area contributed by atoms with Crippen LogP contribution in [-0.4, -0.2) is 52.4 Å². The molecule has 2 heterocycles. The van der Waals surface area contributed by atoms with Crippen molar-refractivity contribution in [3.63, 3.8) is 0 Å². The number of hydrogen-bond donors (Lipinski definition) is 2. The molecule has 1 aromatic rings. The predicted molar refractivity (Wildman–Crippen MR) is 59.0 cm³/mol. The van der Waals surface area contributed by atoms with Gasteiger partial charge in [-0.05, 0) is 26.3 Å². The molecule has 1 saturated heterocycles. The van der Waals surface area contributed by atoms with E-state index in [-0.39, 0.29) is 11.9 Å². The highest BCUT2D eigenvalue weighted by atomic mass is 16.2. The fraction of sp³-hybridized carbons (Fsp3) is 0.700. The Bertz CT molecular complexity index is 335. The zero-order valence-corrected chi connectivity index (χ0v) is 9.44. The van der Waals surface area contributed by atoms with Crippen LogP contribution in [0.25, 0.3) is 0 Å². The van der Waals surface area contributed by atoms with E-state index in [2.05, 4.69) is 20.7 Å². The third-order valence-electron chi connectivity index (χ3n) is 2.96. The lowest BCUT2D eigenvalue weighted by atomic mass is 10.0.